The van der Waals surface area contributed by atoms with Crippen LogP contribution in [0, 0.1) is 12.3 Å². The Morgan fingerprint density at radius 1 is 1.47 bits per heavy atom. The molecule has 0 heterocycles. The van der Waals surface area contributed by atoms with E-state index in [0.717, 1.165) is 5.56 Å². The van der Waals surface area contributed by atoms with E-state index in [-0.39, 0.29) is 17.7 Å². The third-order valence-electron chi connectivity index (χ3n) is 2.83. The van der Waals surface area contributed by atoms with Crippen LogP contribution in [0.5, 0.6) is 5.75 Å². The third kappa shape index (κ3) is 3.53. The van der Waals surface area contributed by atoms with Gasteiger partial charge in [-0.15, -0.1) is 12.3 Å². The lowest BCUT2D eigenvalue weighted by Gasteiger charge is -2.25. The van der Waals surface area contributed by atoms with Crippen molar-refractivity contribution in [2.24, 2.45) is 0 Å². The summed E-state index contributed by atoms with van der Waals surface area (Å²) in [6, 6.07) is 6.83. The van der Waals surface area contributed by atoms with Crippen molar-refractivity contribution < 1.29 is 9.90 Å². The number of benzene rings is 1. The van der Waals surface area contributed by atoms with E-state index in [4.69, 9.17) is 6.42 Å². The first-order valence-electron chi connectivity index (χ1n) is 5.54. The summed E-state index contributed by atoms with van der Waals surface area (Å²) >= 11 is 0. The Bertz CT molecular complexity index is 417. The largest absolute Gasteiger partial charge is 0.508 e. The second-order valence-corrected chi connectivity index (χ2v) is 3.98. The lowest BCUT2D eigenvalue weighted by atomic mass is 10.1. The Balaban J connectivity index is 2.69. The number of carbonyl (C=O) groups is 1. The Kier molecular flexibility index (Phi) is 4.59. The minimum Gasteiger partial charge on any atom is -0.508 e. The highest BCUT2D eigenvalue weighted by atomic mass is 16.3. The van der Waals surface area contributed by atoms with Gasteiger partial charge in [0.05, 0.1) is 6.04 Å². The van der Waals surface area contributed by atoms with Crippen molar-refractivity contribution in [2.45, 2.75) is 25.8 Å². The van der Waals surface area contributed by atoms with Crippen molar-refractivity contribution in [3.63, 3.8) is 0 Å². The number of hydrogen-bond donors (Lipinski definition) is 1. The molecule has 0 spiro atoms. The molecule has 0 saturated carbocycles. The van der Waals surface area contributed by atoms with Crippen LogP contribution in [-0.4, -0.2) is 23.0 Å². The molecule has 17 heavy (non-hydrogen) atoms. The fraction of sp³-hybridized carbons (Fsp3) is 0.357. The standard InChI is InChI=1S/C14H17NO2/c1-4-5-6-14(17)15(3)11(2)12-7-9-13(16)10-8-12/h1,7-11,16H,5-6H2,2-3H3. The third-order valence-corrected chi connectivity index (χ3v) is 2.83. The van der Waals surface area contributed by atoms with Crippen LogP contribution in [0.15, 0.2) is 24.3 Å². The predicted octanol–water partition coefficient (Wildman–Crippen LogP) is 2.33. The molecule has 0 aromatic heterocycles. The predicted molar refractivity (Wildman–Crippen MR) is 67.4 cm³/mol. The molecule has 0 aliphatic carbocycles. The van der Waals surface area contributed by atoms with Crippen LogP contribution in [0.3, 0.4) is 0 Å². The minimum absolute atomic E-state index is 0.0270. The first-order chi connectivity index (χ1) is 8.06. The van der Waals surface area contributed by atoms with Gasteiger partial charge in [-0.25, -0.2) is 0 Å². The average molecular weight is 231 g/mol. The van der Waals surface area contributed by atoms with Crippen molar-refractivity contribution in [2.75, 3.05) is 7.05 Å². The molecule has 1 unspecified atom stereocenters. The van der Waals surface area contributed by atoms with Crippen LogP contribution in [0.25, 0.3) is 0 Å². The summed E-state index contributed by atoms with van der Waals surface area (Å²) in [6.07, 6.45) is 5.97. The number of carbonyl (C=O) groups excluding carboxylic acids is 1. The Morgan fingerprint density at radius 2 is 2.06 bits per heavy atom. The maximum Gasteiger partial charge on any atom is 0.223 e. The van der Waals surface area contributed by atoms with E-state index in [1.165, 1.54) is 0 Å². The van der Waals surface area contributed by atoms with Gasteiger partial charge in [0.25, 0.3) is 0 Å². The quantitative estimate of drug-likeness (QED) is 0.808. The van der Waals surface area contributed by atoms with Crippen LogP contribution < -0.4 is 0 Å². The van der Waals surface area contributed by atoms with Gasteiger partial charge in [0.15, 0.2) is 0 Å². The fourth-order valence-electron chi connectivity index (χ4n) is 1.55. The first kappa shape index (κ1) is 13.1. The summed E-state index contributed by atoms with van der Waals surface area (Å²) in [4.78, 5) is 13.4. The maximum absolute atomic E-state index is 11.8. The number of nitrogens with zero attached hydrogens (tertiary/aromatic N) is 1. The molecule has 1 aromatic carbocycles. The number of terminal acetylenes is 1. The Labute approximate surface area is 102 Å². The van der Waals surface area contributed by atoms with E-state index in [9.17, 15) is 9.90 Å². The molecule has 0 aliphatic heterocycles. The molecular weight excluding hydrogens is 214 g/mol. The van der Waals surface area contributed by atoms with Crippen LogP contribution in [0.1, 0.15) is 31.4 Å². The van der Waals surface area contributed by atoms with Gasteiger partial charge in [0, 0.05) is 19.9 Å². The number of amides is 1. The second-order valence-electron chi connectivity index (χ2n) is 3.98. The molecule has 0 saturated heterocycles. The number of phenols is 1. The summed E-state index contributed by atoms with van der Waals surface area (Å²) in [5, 5.41) is 9.20. The monoisotopic (exact) mass is 231 g/mol. The van der Waals surface area contributed by atoms with Gasteiger partial charge in [0.1, 0.15) is 5.75 Å². The van der Waals surface area contributed by atoms with E-state index in [1.807, 2.05) is 19.1 Å². The molecule has 1 N–H and O–H groups in total. The van der Waals surface area contributed by atoms with Gasteiger partial charge in [0.2, 0.25) is 5.91 Å². The maximum atomic E-state index is 11.8. The van der Waals surface area contributed by atoms with Gasteiger partial charge in [-0.1, -0.05) is 12.1 Å². The Hall–Kier alpha value is -1.95. The van der Waals surface area contributed by atoms with Crippen LogP contribution in [0.4, 0.5) is 0 Å². The lowest BCUT2D eigenvalue weighted by molar-refractivity contribution is -0.131. The number of hydrogen-bond acceptors (Lipinski definition) is 2. The molecule has 90 valence electrons. The summed E-state index contributed by atoms with van der Waals surface area (Å²) in [5.41, 5.74) is 0.986. The Morgan fingerprint density at radius 3 is 2.59 bits per heavy atom. The van der Waals surface area contributed by atoms with Gasteiger partial charge in [-0.2, -0.15) is 0 Å². The molecule has 1 rings (SSSR count). The highest BCUT2D eigenvalue weighted by Crippen LogP contribution is 2.21. The molecular formula is C14H17NO2. The molecule has 1 atom stereocenters. The topological polar surface area (TPSA) is 40.5 Å². The zero-order chi connectivity index (χ0) is 12.8. The zero-order valence-corrected chi connectivity index (χ0v) is 10.2. The molecule has 3 nitrogen and oxygen atoms in total. The molecule has 1 aromatic rings. The number of rotatable bonds is 4. The van der Waals surface area contributed by atoms with Crippen molar-refractivity contribution in [3.8, 4) is 18.1 Å². The van der Waals surface area contributed by atoms with E-state index in [1.54, 1.807) is 24.1 Å². The van der Waals surface area contributed by atoms with Gasteiger partial charge < -0.3 is 10.0 Å². The molecule has 0 radical (unpaired) electrons. The second kappa shape index (κ2) is 5.95. The normalized spacial score (nSPS) is 11.6. The van der Waals surface area contributed by atoms with Crippen molar-refractivity contribution in [3.05, 3.63) is 29.8 Å². The lowest BCUT2D eigenvalue weighted by Crippen LogP contribution is -2.29. The summed E-state index contributed by atoms with van der Waals surface area (Å²) in [7, 11) is 1.76. The summed E-state index contributed by atoms with van der Waals surface area (Å²) in [6.45, 7) is 1.94. The van der Waals surface area contributed by atoms with Gasteiger partial charge in [-0.3, -0.25) is 4.79 Å². The van der Waals surface area contributed by atoms with E-state index in [0.29, 0.717) is 12.8 Å². The van der Waals surface area contributed by atoms with Crippen LogP contribution >= 0.6 is 0 Å². The summed E-state index contributed by atoms with van der Waals surface area (Å²) < 4.78 is 0. The fourth-order valence-corrected chi connectivity index (χ4v) is 1.55. The first-order valence-corrected chi connectivity index (χ1v) is 5.54. The number of phenolic OH excluding ortho intramolecular Hbond substituents is 1. The average Bonchev–Trinajstić information content (AvgIpc) is 2.35. The summed E-state index contributed by atoms with van der Waals surface area (Å²) in [5.74, 6) is 2.71. The highest BCUT2D eigenvalue weighted by Gasteiger charge is 2.16. The molecule has 1 amide bonds. The van der Waals surface area contributed by atoms with Gasteiger partial charge in [-0.05, 0) is 24.6 Å². The zero-order valence-electron chi connectivity index (χ0n) is 10.2. The minimum atomic E-state index is -0.0270. The van der Waals surface area contributed by atoms with Gasteiger partial charge >= 0.3 is 0 Å². The van der Waals surface area contributed by atoms with Crippen molar-refractivity contribution in [1.82, 2.24) is 4.90 Å². The van der Waals surface area contributed by atoms with Crippen LogP contribution in [-0.2, 0) is 4.79 Å². The number of aromatic hydroxyl groups is 1. The molecule has 3 heteroatoms. The van der Waals surface area contributed by atoms with Crippen molar-refractivity contribution >= 4 is 5.91 Å². The van der Waals surface area contributed by atoms with Crippen molar-refractivity contribution in [1.29, 1.82) is 0 Å². The van der Waals surface area contributed by atoms with Crippen LogP contribution in [0.2, 0.25) is 0 Å². The van der Waals surface area contributed by atoms with E-state index in [2.05, 4.69) is 5.92 Å². The SMILES string of the molecule is C#CCCC(=O)N(C)C(C)c1ccc(O)cc1. The highest BCUT2D eigenvalue weighted by molar-refractivity contribution is 5.76. The molecule has 0 fully saturated rings. The van der Waals surface area contributed by atoms with E-state index >= 15 is 0 Å². The molecule has 0 bridgehead atoms. The molecule has 0 aliphatic rings. The van der Waals surface area contributed by atoms with E-state index < -0.39 is 0 Å². The smallest absolute Gasteiger partial charge is 0.223 e.